The van der Waals surface area contributed by atoms with Crippen LogP contribution < -0.4 is 5.32 Å². The summed E-state index contributed by atoms with van der Waals surface area (Å²) in [6, 6.07) is 4.18. The van der Waals surface area contributed by atoms with Gasteiger partial charge in [0.15, 0.2) is 0 Å². The Balaban J connectivity index is 2.77. The van der Waals surface area contributed by atoms with Crippen LogP contribution in [-0.4, -0.2) is 18.7 Å². The van der Waals surface area contributed by atoms with Gasteiger partial charge in [0.1, 0.15) is 5.82 Å². The third kappa shape index (κ3) is 2.94. The van der Waals surface area contributed by atoms with Gasteiger partial charge in [-0.2, -0.15) is 0 Å². The van der Waals surface area contributed by atoms with Crippen molar-refractivity contribution in [3.8, 4) is 0 Å². The first-order valence-corrected chi connectivity index (χ1v) is 4.80. The molecule has 78 valence electrons. The van der Waals surface area contributed by atoms with Crippen LogP contribution in [0.25, 0.3) is 0 Å². The lowest BCUT2D eigenvalue weighted by Gasteiger charge is -2.11. The highest BCUT2D eigenvalue weighted by molar-refractivity contribution is 6.30. The number of benzene rings is 1. The molecule has 1 atom stereocenters. The molecule has 4 heteroatoms. The molecule has 1 aromatic rings. The number of aliphatic hydroxyl groups excluding tert-OH is 1. The average molecular weight is 218 g/mol. The maximum atomic E-state index is 13.2. The lowest BCUT2D eigenvalue weighted by Crippen LogP contribution is -2.12. The summed E-state index contributed by atoms with van der Waals surface area (Å²) in [5, 5.41) is 12.9. The first-order chi connectivity index (χ1) is 6.65. The van der Waals surface area contributed by atoms with E-state index in [1.165, 1.54) is 18.2 Å². The van der Waals surface area contributed by atoms with Crippen LogP contribution in [0.2, 0.25) is 5.02 Å². The van der Waals surface area contributed by atoms with Gasteiger partial charge in [0, 0.05) is 10.6 Å². The van der Waals surface area contributed by atoms with Crippen LogP contribution in [0.15, 0.2) is 18.2 Å². The summed E-state index contributed by atoms with van der Waals surface area (Å²) >= 11 is 5.70. The molecule has 0 aliphatic rings. The van der Waals surface area contributed by atoms with Gasteiger partial charge in [-0.25, -0.2) is 4.39 Å². The molecule has 0 saturated carbocycles. The number of aliphatic hydroxyl groups is 1. The molecule has 0 aromatic heterocycles. The van der Waals surface area contributed by atoms with Gasteiger partial charge in [-0.1, -0.05) is 11.6 Å². The second-order valence-corrected chi connectivity index (χ2v) is 3.51. The van der Waals surface area contributed by atoms with Crippen molar-refractivity contribution in [3.63, 3.8) is 0 Å². The standard InChI is InChI=1S/C10H13ClFNO/c1-13-5-4-10(14)8-6-7(11)2-3-9(8)12/h2-3,6,10,13-14H,4-5H2,1H3. The second-order valence-electron chi connectivity index (χ2n) is 3.07. The van der Waals surface area contributed by atoms with E-state index < -0.39 is 11.9 Å². The monoisotopic (exact) mass is 217 g/mol. The van der Waals surface area contributed by atoms with Crippen LogP contribution in [-0.2, 0) is 0 Å². The highest BCUT2D eigenvalue weighted by atomic mass is 35.5. The Bertz CT molecular complexity index is 306. The quantitative estimate of drug-likeness (QED) is 0.810. The van der Waals surface area contributed by atoms with E-state index in [0.717, 1.165) is 0 Å². The number of nitrogens with one attached hydrogen (secondary N) is 1. The van der Waals surface area contributed by atoms with Crippen molar-refractivity contribution in [2.75, 3.05) is 13.6 Å². The van der Waals surface area contributed by atoms with Crippen molar-refractivity contribution in [1.82, 2.24) is 5.32 Å². The minimum atomic E-state index is -0.804. The lowest BCUT2D eigenvalue weighted by molar-refractivity contribution is 0.163. The fourth-order valence-corrected chi connectivity index (χ4v) is 1.39. The highest BCUT2D eigenvalue weighted by Crippen LogP contribution is 2.23. The SMILES string of the molecule is CNCCC(O)c1cc(Cl)ccc1F. The van der Waals surface area contributed by atoms with Gasteiger partial charge in [-0.15, -0.1) is 0 Å². The zero-order valence-electron chi connectivity index (χ0n) is 7.93. The highest BCUT2D eigenvalue weighted by Gasteiger charge is 2.12. The molecule has 2 N–H and O–H groups in total. The van der Waals surface area contributed by atoms with Gasteiger partial charge < -0.3 is 10.4 Å². The normalized spacial score (nSPS) is 12.9. The van der Waals surface area contributed by atoms with Crippen molar-refractivity contribution in [2.45, 2.75) is 12.5 Å². The van der Waals surface area contributed by atoms with Crippen molar-refractivity contribution in [2.24, 2.45) is 0 Å². The predicted molar refractivity (Wildman–Crippen MR) is 54.9 cm³/mol. The van der Waals surface area contributed by atoms with E-state index in [1.807, 2.05) is 0 Å². The molecule has 1 unspecified atom stereocenters. The number of halogens is 2. The number of hydrogen-bond donors (Lipinski definition) is 2. The zero-order valence-corrected chi connectivity index (χ0v) is 8.68. The van der Waals surface area contributed by atoms with Gasteiger partial charge in [0.2, 0.25) is 0 Å². The van der Waals surface area contributed by atoms with Crippen LogP contribution >= 0.6 is 11.6 Å². The van der Waals surface area contributed by atoms with Crippen LogP contribution in [0.4, 0.5) is 4.39 Å². The van der Waals surface area contributed by atoms with Crippen molar-refractivity contribution in [1.29, 1.82) is 0 Å². The Morgan fingerprint density at radius 1 is 1.57 bits per heavy atom. The summed E-state index contributed by atoms with van der Waals surface area (Å²) in [7, 11) is 1.78. The van der Waals surface area contributed by atoms with E-state index in [9.17, 15) is 9.50 Å². The predicted octanol–water partition coefficient (Wildman–Crippen LogP) is 2.12. The third-order valence-electron chi connectivity index (χ3n) is 1.98. The fourth-order valence-electron chi connectivity index (χ4n) is 1.21. The topological polar surface area (TPSA) is 32.3 Å². The van der Waals surface area contributed by atoms with Gasteiger partial charge >= 0.3 is 0 Å². The summed E-state index contributed by atoms with van der Waals surface area (Å²) < 4.78 is 13.2. The van der Waals surface area contributed by atoms with Gasteiger partial charge in [-0.3, -0.25) is 0 Å². The Morgan fingerprint density at radius 2 is 2.29 bits per heavy atom. The van der Waals surface area contributed by atoms with E-state index in [1.54, 1.807) is 7.05 Å². The molecule has 0 spiro atoms. The van der Waals surface area contributed by atoms with Crippen LogP contribution in [0.1, 0.15) is 18.1 Å². The maximum absolute atomic E-state index is 13.2. The Hall–Kier alpha value is -0.640. The fraction of sp³-hybridized carbons (Fsp3) is 0.400. The van der Waals surface area contributed by atoms with Gasteiger partial charge in [0.25, 0.3) is 0 Å². The summed E-state index contributed by atoms with van der Waals surface area (Å²) in [5.41, 5.74) is 0.257. The molecule has 0 saturated heterocycles. The Kier molecular flexibility index (Phi) is 4.32. The van der Waals surface area contributed by atoms with E-state index in [-0.39, 0.29) is 5.56 Å². The third-order valence-corrected chi connectivity index (χ3v) is 2.22. The van der Waals surface area contributed by atoms with Crippen molar-refractivity contribution in [3.05, 3.63) is 34.6 Å². The summed E-state index contributed by atoms with van der Waals surface area (Å²) in [4.78, 5) is 0. The largest absolute Gasteiger partial charge is 0.388 e. The molecule has 0 amide bonds. The summed E-state index contributed by atoms with van der Waals surface area (Å²) in [6.07, 6.45) is -0.338. The lowest BCUT2D eigenvalue weighted by atomic mass is 10.1. The molecule has 1 aromatic carbocycles. The minimum Gasteiger partial charge on any atom is -0.388 e. The van der Waals surface area contributed by atoms with E-state index in [2.05, 4.69) is 5.32 Å². The van der Waals surface area contributed by atoms with Crippen LogP contribution in [0.3, 0.4) is 0 Å². The van der Waals surface area contributed by atoms with Gasteiger partial charge in [-0.05, 0) is 38.2 Å². The summed E-state index contributed by atoms with van der Waals surface area (Å²) in [6.45, 7) is 0.632. The smallest absolute Gasteiger partial charge is 0.129 e. The molecule has 0 bridgehead atoms. The molecular weight excluding hydrogens is 205 g/mol. The molecule has 0 aliphatic heterocycles. The number of rotatable bonds is 4. The van der Waals surface area contributed by atoms with E-state index in [0.29, 0.717) is 18.0 Å². The minimum absolute atomic E-state index is 0.257. The van der Waals surface area contributed by atoms with Crippen molar-refractivity contribution >= 4 is 11.6 Å². The molecule has 0 aliphatic carbocycles. The first-order valence-electron chi connectivity index (χ1n) is 4.42. The van der Waals surface area contributed by atoms with Crippen molar-refractivity contribution < 1.29 is 9.50 Å². The first kappa shape index (κ1) is 11.4. The van der Waals surface area contributed by atoms with Crippen LogP contribution in [0.5, 0.6) is 0 Å². The summed E-state index contributed by atoms with van der Waals surface area (Å²) in [5.74, 6) is -0.419. The zero-order chi connectivity index (χ0) is 10.6. The maximum Gasteiger partial charge on any atom is 0.129 e. The number of hydrogen-bond acceptors (Lipinski definition) is 2. The van der Waals surface area contributed by atoms with Crippen LogP contribution in [0, 0.1) is 5.82 Å². The molecule has 0 heterocycles. The second kappa shape index (κ2) is 5.29. The molecule has 2 nitrogen and oxygen atoms in total. The van der Waals surface area contributed by atoms with Gasteiger partial charge in [0.05, 0.1) is 6.10 Å². The Labute approximate surface area is 87.7 Å². The van der Waals surface area contributed by atoms with E-state index >= 15 is 0 Å². The average Bonchev–Trinajstić information content (AvgIpc) is 2.18. The molecular formula is C10H13ClFNO. The Morgan fingerprint density at radius 3 is 2.93 bits per heavy atom. The van der Waals surface area contributed by atoms with E-state index in [4.69, 9.17) is 11.6 Å². The molecule has 0 radical (unpaired) electrons. The molecule has 14 heavy (non-hydrogen) atoms. The molecule has 1 rings (SSSR count). The molecule has 0 fully saturated rings.